The fourth-order valence-electron chi connectivity index (χ4n) is 4.54. The normalized spacial score (nSPS) is 25.9. The molecule has 0 radical (unpaired) electrons. The molecule has 4 aliphatic rings. The predicted molar refractivity (Wildman–Crippen MR) is 127 cm³/mol. The number of hydrogen-bond acceptors (Lipinski definition) is 5. The van der Waals surface area contributed by atoms with Gasteiger partial charge in [-0.25, -0.2) is 0 Å². The first-order valence-corrected chi connectivity index (χ1v) is 11.6. The van der Waals surface area contributed by atoms with E-state index in [1.807, 2.05) is 42.5 Å². The standard InChI is InChI=1S/C25H22BrN3O4/c1-33-16-11-9-15(10-12-16)29-21(27-20-8-3-2-5-17(20)24(29)31)13-14-28-23(30)18-6-4-7-19(26)22(18)25(28)32/h2-11,16-17,20H,12-14H2,1H3. The lowest BCUT2D eigenvalue weighted by Gasteiger charge is -2.37. The van der Waals surface area contributed by atoms with E-state index in [9.17, 15) is 14.4 Å². The van der Waals surface area contributed by atoms with Crippen LogP contribution >= 0.6 is 15.9 Å². The summed E-state index contributed by atoms with van der Waals surface area (Å²) in [5.74, 6) is -0.562. The number of benzene rings is 1. The molecular formula is C25H22BrN3O4. The summed E-state index contributed by atoms with van der Waals surface area (Å²) in [5.41, 5.74) is 1.50. The van der Waals surface area contributed by atoms with Crippen molar-refractivity contribution in [3.63, 3.8) is 0 Å². The van der Waals surface area contributed by atoms with Crippen LogP contribution in [0.2, 0.25) is 0 Å². The second-order valence-electron chi connectivity index (χ2n) is 8.18. The Morgan fingerprint density at radius 1 is 1.12 bits per heavy atom. The highest BCUT2D eigenvalue weighted by Gasteiger charge is 2.40. The molecule has 1 aromatic rings. The number of hydrogen-bond donors (Lipinski definition) is 0. The van der Waals surface area contributed by atoms with E-state index < -0.39 is 0 Å². The zero-order valence-electron chi connectivity index (χ0n) is 18.0. The maximum absolute atomic E-state index is 13.5. The number of imide groups is 1. The van der Waals surface area contributed by atoms with Gasteiger partial charge >= 0.3 is 0 Å². The number of allylic oxidation sites excluding steroid dienone is 3. The Balaban J connectivity index is 1.42. The van der Waals surface area contributed by atoms with E-state index >= 15 is 0 Å². The number of carbonyl (C=O) groups is 3. The van der Waals surface area contributed by atoms with Crippen molar-refractivity contribution in [2.24, 2.45) is 10.9 Å². The summed E-state index contributed by atoms with van der Waals surface area (Å²) < 4.78 is 5.97. The summed E-state index contributed by atoms with van der Waals surface area (Å²) in [6.45, 7) is 0.135. The van der Waals surface area contributed by atoms with Gasteiger partial charge in [0.15, 0.2) is 0 Å². The summed E-state index contributed by atoms with van der Waals surface area (Å²) in [6.07, 6.45) is 14.2. The van der Waals surface area contributed by atoms with Crippen molar-refractivity contribution >= 4 is 39.5 Å². The molecule has 33 heavy (non-hydrogen) atoms. The summed E-state index contributed by atoms with van der Waals surface area (Å²) in [4.78, 5) is 47.0. The van der Waals surface area contributed by atoms with Crippen molar-refractivity contribution in [2.75, 3.05) is 13.7 Å². The average molecular weight is 508 g/mol. The van der Waals surface area contributed by atoms with Crippen LogP contribution in [0.5, 0.6) is 0 Å². The first-order chi connectivity index (χ1) is 16.0. The molecule has 0 fully saturated rings. The lowest BCUT2D eigenvalue weighted by molar-refractivity contribution is -0.129. The maximum atomic E-state index is 13.5. The number of ether oxygens (including phenoxy) is 1. The van der Waals surface area contributed by atoms with Crippen LogP contribution in [-0.4, -0.2) is 59.2 Å². The van der Waals surface area contributed by atoms with Gasteiger partial charge in [0.25, 0.3) is 11.8 Å². The molecule has 3 unspecified atom stereocenters. The second-order valence-corrected chi connectivity index (χ2v) is 9.03. The third-order valence-electron chi connectivity index (χ3n) is 6.28. The number of amidine groups is 1. The molecule has 2 aliphatic heterocycles. The maximum Gasteiger partial charge on any atom is 0.262 e. The predicted octanol–water partition coefficient (Wildman–Crippen LogP) is 3.65. The van der Waals surface area contributed by atoms with Crippen molar-refractivity contribution in [1.29, 1.82) is 0 Å². The van der Waals surface area contributed by atoms with E-state index in [0.29, 0.717) is 27.9 Å². The number of nitrogens with zero attached hydrogens (tertiary/aromatic N) is 3. The van der Waals surface area contributed by atoms with Gasteiger partial charge < -0.3 is 4.74 Å². The van der Waals surface area contributed by atoms with Crippen LogP contribution in [0.25, 0.3) is 0 Å². The summed E-state index contributed by atoms with van der Waals surface area (Å²) in [6, 6.07) is 4.85. The lowest BCUT2D eigenvalue weighted by atomic mass is 9.91. The van der Waals surface area contributed by atoms with Crippen molar-refractivity contribution in [1.82, 2.24) is 9.80 Å². The molecule has 0 saturated heterocycles. The Morgan fingerprint density at radius 3 is 2.67 bits per heavy atom. The van der Waals surface area contributed by atoms with E-state index in [1.54, 1.807) is 30.2 Å². The molecule has 3 amide bonds. The Hall–Kier alpha value is -3.10. The first-order valence-electron chi connectivity index (χ1n) is 10.8. The molecule has 7 nitrogen and oxygen atoms in total. The highest BCUT2D eigenvalue weighted by atomic mass is 79.9. The number of fused-ring (bicyclic) bond motifs is 2. The molecule has 2 heterocycles. The van der Waals surface area contributed by atoms with Crippen molar-refractivity contribution in [2.45, 2.75) is 25.0 Å². The van der Waals surface area contributed by atoms with Crippen LogP contribution in [0.3, 0.4) is 0 Å². The fourth-order valence-corrected chi connectivity index (χ4v) is 5.08. The molecule has 0 aromatic heterocycles. The minimum Gasteiger partial charge on any atom is -0.377 e. The summed E-state index contributed by atoms with van der Waals surface area (Å²) in [7, 11) is 1.65. The zero-order chi connectivity index (χ0) is 23.1. The smallest absolute Gasteiger partial charge is 0.262 e. The van der Waals surface area contributed by atoms with Crippen molar-refractivity contribution < 1.29 is 19.1 Å². The van der Waals surface area contributed by atoms with Crippen molar-refractivity contribution in [3.8, 4) is 0 Å². The molecule has 8 heteroatoms. The Bertz CT molecular complexity index is 1200. The van der Waals surface area contributed by atoms with Gasteiger partial charge in [-0.2, -0.15) is 0 Å². The molecule has 5 rings (SSSR count). The molecule has 1 aromatic carbocycles. The van der Waals surface area contributed by atoms with Crippen LogP contribution in [-0.2, 0) is 9.53 Å². The van der Waals surface area contributed by atoms with Crippen molar-refractivity contribution in [3.05, 3.63) is 82.0 Å². The second kappa shape index (κ2) is 8.68. The van der Waals surface area contributed by atoms with Crippen LogP contribution in [0, 0.1) is 5.92 Å². The summed E-state index contributed by atoms with van der Waals surface area (Å²) >= 11 is 3.37. The molecule has 0 spiro atoms. The van der Waals surface area contributed by atoms with E-state index in [0.717, 1.165) is 5.70 Å². The monoisotopic (exact) mass is 507 g/mol. The number of aliphatic imine (C=N–C) groups is 1. The molecule has 168 valence electrons. The van der Waals surface area contributed by atoms with Crippen LogP contribution < -0.4 is 0 Å². The van der Waals surface area contributed by atoms with Gasteiger partial charge in [0.05, 0.1) is 29.2 Å². The molecule has 0 bridgehead atoms. The van der Waals surface area contributed by atoms with Gasteiger partial charge in [-0.3, -0.25) is 29.2 Å². The largest absolute Gasteiger partial charge is 0.377 e. The molecule has 3 atom stereocenters. The van der Waals surface area contributed by atoms with E-state index in [2.05, 4.69) is 15.9 Å². The van der Waals surface area contributed by atoms with E-state index in [-0.39, 0.29) is 48.8 Å². The third kappa shape index (κ3) is 3.73. The summed E-state index contributed by atoms with van der Waals surface area (Å²) in [5, 5.41) is 0. The van der Waals surface area contributed by atoms with Gasteiger partial charge in [0.2, 0.25) is 5.91 Å². The van der Waals surface area contributed by atoms with E-state index in [4.69, 9.17) is 9.73 Å². The minimum atomic E-state index is -0.372. The van der Waals surface area contributed by atoms with Gasteiger partial charge in [0.1, 0.15) is 5.84 Å². The lowest BCUT2D eigenvalue weighted by Crippen LogP contribution is -2.49. The Morgan fingerprint density at radius 2 is 1.94 bits per heavy atom. The highest BCUT2D eigenvalue weighted by molar-refractivity contribution is 9.10. The number of methoxy groups -OCH3 is 1. The van der Waals surface area contributed by atoms with Crippen LogP contribution in [0.4, 0.5) is 0 Å². The van der Waals surface area contributed by atoms with Crippen LogP contribution in [0.1, 0.15) is 33.6 Å². The quantitative estimate of drug-likeness (QED) is 0.569. The number of amides is 3. The van der Waals surface area contributed by atoms with Crippen LogP contribution in [0.15, 0.2) is 75.9 Å². The fraction of sp³-hybridized carbons (Fsp3) is 0.280. The van der Waals surface area contributed by atoms with Gasteiger partial charge in [0, 0.05) is 30.2 Å². The van der Waals surface area contributed by atoms with Gasteiger partial charge in [-0.1, -0.05) is 42.5 Å². The molecule has 0 saturated carbocycles. The van der Waals surface area contributed by atoms with E-state index in [1.165, 1.54) is 4.90 Å². The minimum absolute atomic E-state index is 0.0314. The number of carbonyl (C=O) groups excluding carboxylic acids is 3. The van der Waals surface area contributed by atoms with Gasteiger partial charge in [-0.15, -0.1) is 0 Å². The van der Waals surface area contributed by atoms with Gasteiger partial charge in [-0.05, 0) is 40.6 Å². The average Bonchev–Trinajstić information content (AvgIpc) is 3.08. The first kappa shape index (κ1) is 21.7. The molecule has 2 aliphatic carbocycles. The third-order valence-corrected chi connectivity index (χ3v) is 6.94. The SMILES string of the molecule is COC1C=CC(N2C(=O)C3C=CC=CC3N=C2CCN2C(=O)c3cccc(Br)c3C2=O)=CC1. The molecule has 0 N–H and O–H groups in total. The number of halogens is 1. The topological polar surface area (TPSA) is 79.3 Å². The Kier molecular flexibility index (Phi) is 5.72. The number of rotatable bonds is 5. The highest BCUT2D eigenvalue weighted by Crippen LogP contribution is 2.32. The molecular weight excluding hydrogens is 486 g/mol. The zero-order valence-corrected chi connectivity index (χ0v) is 19.6. The Labute approximate surface area is 199 Å².